The van der Waals surface area contributed by atoms with Crippen LogP contribution in [-0.2, 0) is 7.25 Å². The molecule has 0 bridgehead atoms. The molecule has 3 aromatic heterocycles. The molecular weight excluding hydrogens is 662 g/mol. The van der Waals surface area contributed by atoms with E-state index in [1.165, 1.54) is 12.3 Å². The Hall–Kier alpha value is -3.17. The molecule has 1 aliphatic rings. The van der Waals surface area contributed by atoms with Gasteiger partial charge in [-0.25, -0.2) is 16.7 Å². The molecule has 216 valence electrons. The average molecular weight is 693 g/mol. The lowest BCUT2D eigenvalue weighted by molar-refractivity contribution is 0.0499. The molecule has 0 radical (unpaired) electrons. The largest absolute Gasteiger partial charge is 0.444 e. The summed E-state index contributed by atoms with van der Waals surface area (Å²) in [6.45, 7) is 6.78. The van der Waals surface area contributed by atoms with Crippen LogP contribution >= 0.6 is 35.2 Å². The number of hydrogen-bond donors (Lipinski definition) is 2. The Labute approximate surface area is 255 Å². The molecule has 1 aromatic carbocycles. The number of fused-ring (bicyclic) bond motifs is 2. The maximum Gasteiger partial charge on any atom is 0.407 e. The van der Waals surface area contributed by atoms with Gasteiger partial charge in [0.25, 0.3) is 5.91 Å². The number of rotatable bonds is 6. The van der Waals surface area contributed by atoms with Crippen molar-refractivity contribution in [2.75, 3.05) is 25.0 Å². The van der Waals surface area contributed by atoms with Crippen LogP contribution in [0.4, 0.5) is 14.9 Å². The minimum atomic E-state index is -0.589. The standard InChI is InChI=1S/C28H30FIN6O4S/c1-28(2,3)39-27(38)34-18-6-5-9-35(14-18)23-7-8-32-24-20(23)10-16(12-22(24)29)21-15-36(41-40-30)25-19(21)11-17(13-33-25)26(37)31-4/h7-8,10-13,15,18H,5-6,9,14H2,1-4H3,(H,31,37)(H,34,38)/t18-/m0/s1. The number of anilines is 1. The second kappa shape index (κ2) is 12.0. The van der Waals surface area contributed by atoms with Crippen LogP contribution in [0.15, 0.2) is 42.9 Å². The molecule has 41 heavy (non-hydrogen) atoms. The van der Waals surface area contributed by atoms with Crippen LogP contribution < -0.4 is 15.5 Å². The summed E-state index contributed by atoms with van der Waals surface area (Å²) in [5, 5.41) is 6.92. The van der Waals surface area contributed by atoms with Crippen molar-refractivity contribution in [3.63, 3.8) is 0 Å². The first-order valence-corrected chi connectivity index (χ1v) is 14.7. The first-order chi connectivity index (χ1) is 19.6. The molecule has 1 atom stereocenters. The van der Waals surface area contributed by atoms with E-state index in [-0.39, 0.29) is 17.5 Å². The number of hydrogen-bond acceptors (Lipinski definition) is 8. The Balaban J connectivity index is 1.55. The first kappa shape index (κ1) is 29.3. The highest BCUT2D eigenvalue weighted by Gasteiger charge is 2.26. The van der Waals surface area contributed by atoms with Crippen molar-refractivity contribution in [1.29, 1.82) is 0 Å². The smallest absolute Gasteiger partial charge is 0.407 e. The minimum Gasteiger partial charge on any atom is -0.444 e. The number of nitrogens with zero attached hydrogens (tertiary/aromatic N) is 4. The molecule has 0 saturated carbocycles. The van der Waals surface area contributed by atoms with Gasteiger partial charge in [-0.3, -0.25) is 13.8 Å². The summed E-state index contributed by atoms with van der Waals surface area (Å²) in [6.07, 6.45) is 6.12. The van der Waals surface area contributed by atoms with Gasteiger partial charge in [-0.1, -0.05) is 0 Å². The topological polar surface area (TPSA) is 111 Å². The molecule has 0 unspecified atom stereocenters. The van der Waals surface area contributed by atoms with E-state index in [9.17, 15) is 9.59 Å². The van der Waals surface area contributed by atoms with Gasteiger partial charge < -0.3 is 20.3 Å². The number of halogens is 2. The van der Waals surface area contributed by atoms with E-state index in [4.69, 9.17) is 7.25 Å². The van der Waals surface area contributed by atoms with Crippen LogP contribution in [0.1, 0.15) is 44.0 Å². The summed E-state index contributed by atoms with van der Waals surface area (Å²) < 4.78 is 28.0. The van der Waals surface area contributed by atoms with E-state index in [1.807, 2.05) is 39.1 Å². The normalized spacial score (nSPS) is 15.8. The molecular formula is C28H30FIN6O4S. The van der Waals surface area contributed by atoms with Gasteiger partial charge in [-0.2, -0.15) is 0 Å². The average Bonchev–Trinajstić information content (AvgIpc) is 3.29. The second-order valence-corrected chi connectivity index (χ2v) is 12.5. The molecule has 13 heteroatoms. The number of benzene rings is 1. The lowest BCUT2D eigenvalue weighted by Crippen LogP contribution is -2.49. The molecule has 1 saturated heterocycles. The summed E-state index contributed by atoms with van der Waals surface area (Å²) in [5.74, 6) is -0.736. The number of pyridine rings is 2. The third-order valence-corrected chi connectivity index (χ3v) is 7.76. The Morgan fingerprint density at radius 1 is 1.20 bits per heavy atom. The Bertz CT molecular complexity index is 1620. The number of carbonyl (C=O) groups is 2. The highest BCUT2D eigenvalue weighted by molar-refractivity contribution is 14.1. The number of carbonyl (C=O) groups excluding carboxylic acids is 2. The third-order valence-electron chi connectivity index (χ3n) is 6.78. The van der Waals surface area contributed by atoms with Crippen LogP contribution in [-0.4, -0.2) is 57.7 Å². The van der Waals surface area contributed by atoms with Crippen LogP contribution in [0, 0.1) is 5.82 Å². The van der Waals surface area contributed by atoms with Gasteiger partial charge in [-0.15, -0.1) is 0 Å². The summed E-state index contributed by atoms with van der Waals surface area (Å²) >= 11 is 2.84. The Kier molecular flexibility index (Phi) is 8.57. The van der Waals surface area contributed by atoms with Gasteiger partial charge in [0.15, 0.2) is 5.65 Å². The molecule has 4 heterocycles. The van der Waals surface area contributed by atoms with Crippen LogP contribution in [0.3, 0.4) is 0 Å². The SMILES string of the molecule is CNC(=O)c1cnc2c(c1)c(-c1cc(F)c3nccc(N4CCC[C@H](NC(=O)OC(C)(C)C)C4)c3c1)cn2SOI. The van der Waals surface area contributed by atoms with E-state index in [2.05, 4.69) is 25.5 Å². The van der Waals surface area contributed by atoms with E-state index >= 15 is 4.39 Å². The highest BCUT2D eigenvalue weighted by atomic mass is 127. The van der Waals surface area contributed by atoms with Crippen molar-refractivity contribution in [3.05, 3.63) is 54.2 Å². The number of nitrogens with one attached hydrogen (secondary N) is 2. The van der Waals surface area contributed by atoms with Gasteiger partial charge in [0, 0.05) is 66.8 Å². The molecule has 1 aliphatic heterocycles. The number of piperidine rings is 1. The maximum atomic E-state index is 15.6. The monoisotopic (exact) mass is 692 g/mol. The number of aromatic nitrogens is 3. The molecule has 5 rings (SSSR count). The molecule has 0 aliphatic carbocycles. The van der Waals surface area contributed by atoms with Crippen molar-refractivity contribution in [2.45, 2.75) is 45.3 Å². The predicted molar refractivity (Wildman–Crippen MR) is 167 cm³/mol. The fraction of sp³-hybridized carbons (Fsp3) is 0.357. The molecule has 2 amide bonds. The third kappa shape index (κ3) is 6.36. The number of alkyl carbamates (subject to hydrolysis) is 1. The number of amides is 2. The molecule has 2 N–H and O–H groups in total. The van der Waals surface area contributed by atoms with E-state index in [0.717, 1.165) is 37.3 Å². The first-order valence-electron chi connectivity index (χ1n) is 13.1. The van der Waals surface area contributed by atoms with Crippen molar-refractivity contribution >= 4 is 74.9 Å². The second-order valence-electron chi connectivity index (χ2n) is 10.8. The van der Waals surface area contributed by atoms with Gasteiger partial charge in [-0.05, 0) is 63.4 Å². The van der Waals surface area contributed by atoms with Gasteiger partial charge >= 0.3 is 6.09 Å². The zero-order chi connectivity index (χ0) is 29.3. The lowest BCUT2D eigenvalue weighted by atomic mass is 10.00. The molecule has 0 spiro atoms. The quantitative estimate of drug-likeness (QED) is 0.187. The van der Waals surface area contributed by atoms with Gasteiger partial charge in [0.2, 0.25) is 0 Å². The zero-order valence-corrected chi connectivity index (χ0v) is 26.0. The maximum absolute atomic E-state index is 15.6. The molecule has 1 fully saturated rings. The van der Waals surface area contributed by atoms with Crippen LogP contribution in [0.2, 0.25) is 0 Å². The fourth-order valence-electron chi connectivity index (χ4n) is 5.08. The fourth-order valence-corrected chi connectivity index (χ4v) is 6.03. The Morgan fingerprint density at radius 3 is 2.73 bits per heavy atom. The van der Waals surface area contributed by atoms with Gasteiger partial charge in [0.1, 0.15) is 52.2 Å². The van der Waals surface area contributed by atoms with E-state index in [0.29, 0.717) is 39.7 Å². The highest BCUT2D eigenvalue weighted by Crippen LogP contribution is 2.38. The zero-order valence-electron chi connectivity index (χ0n) is 23.0. The Morgan fingerprint density at radius 2 is 2.00 bits per heavy atom. The summed E-state index contributed by atoms with van der Waals surface area (Å²) in [6, 6.07) is 6.85. The molecule has 10 nitrogen and oxygen atoms in total. The number of ether oxygens (including phenoxy) is 1. The lowest BCUT2D eigenvalue weighted by Gasteiger charge is -2.35. The molecule has 4 aromatic rings. The van der Waals surface area contributed by atoms with Gasteiger partial charge in [0.05, 0.1) is 5.56 Å². The summed E-state index contributed by atoms with van der Waals surface area (Å²) in [4.78, 5) is 35.7. The van der Waals surface area contributed by atoms with Crippen LogP contribution in [0.25, 0.3) is 33.1 Å². The minimum absolute atomic E-state index is 0.118. The van der Waals surface area contributed by atoms with E-state index in [1.54, 1.807) is 46.3 Å². The van der Waals surface area contributed by atoms with Crippen LogP contribution in [0.5, 0.6) is 0 Å². The summed E-state index contributed by atoms with van der Waals surface area (Å²) in [5.41, 5.74) is 2.76. The van der Waals surface area contributed by atoms with Crippen molar-refractivity contribution < 1.29 is 21.2 Å². The summed E-state index contributed by atoms with van der Waals surface area (Å²) in [7, 11) is 1.56. The van der Waals surface area contributed by atoms with Crippen molar-refractivity contribution in [3.8, 4) is 11.1 Å². The van der Waals surface area contributed by atoms with E-state index < -0.39 is 17.5 Å². The van der Waals surface area contributed by atoms with Crippen molar-refractivity contribution in [2.24, 2.45) is 0 Å². The van der Waals surface area contributed by atoms with Crippen molar-refractivity contribution in [1.82, 2.24) is 24.6 Å². The predicted octanol–water partition coefficient (Wildman–Crippen LogP) is 6.02.